The highest BCUT2D eigenvalue weighted by atomic mass is 32.2. The molecule has 0 aliphatic carbocycles. The maximum atomic E-state index is 10.6. The number of carbonyl (C=O) groups is 1. The Labute approximate surface area is 83.3 Å². The van der Waals surface area contributed by atoms with Crippen LogP contribution >= 0.6 is 0 Å². The normalized spacial score (nSPS) is 9.93. The Kier molecular flexibility index (Phi) is 5.04. The summed E-state index contributed by atoms with van der Waals surface area (Å²) in [6, 6.07) is 9.23. The second-order valence-electron chi connectivity index (χ2n) is 2.63. The highest BCUT2D eigenvalue weighted by Gasteiger charge is 1.92. The third-order valence-electron chi connectivity index (χ3n) is 1.18. The predicted molar refractivity (Wildman–Crippen MR) is 52.1 cm³/mol. The average Bonchev–Trinajstić information content (AvgIpc) is 2.03. The minimum Gasteiger partial charge on any atom is -0.748 e. The van der Waals surface area contributed by atoms with Gasteiger partial charge in [0.1, 0.15) is 0 Å². The standard InChI is InChI=1S/C8H8O.CH4O3S/c1-7(9)8-5-3-2-4-6-8;1-5(2,3)4/h2-6H,1H3;1H3,(H,2,3,4)/p-1. The molecule has 0 N–H and O–H groups in total. The van der Waals surface area contributed by atoms with Gasteiger partial charge in [-0.3, -0.25) is 4.79 Å². The summed E-state index contributed by atoms with van der Waals surface area (Å²) in [5.74, 6) is 0.121. The SMILES string of the molecule is CC(=O)c1ccccc1.CS(=O)(=O)[O-]. The molecule has 0 aromatic heterocycles. The topological polar surface area (TPSA) is 74.3 Å². The van der Waals surface area contributed by atoms with Gasteiger partial charge in [0.25, 0.3) is 0 Å². The van der Waals surface area contributed by atoms with Crippen LogP contribution in [0.15, 0.2) is 30.3 Å². The molecule has 0 bridgehead atoms. The minimum atomic E-state index is -3.92. The molecule has 1 aromatic rings. The Morgan fingerprint density at radius 1 is 1.21 bits per heavy atom. The molecule has 0 atom stereocenters. The molecular formula is C9H11O4S-. The Morgan fingerprint density at radius 3 is 1.79 bits per heavy atom. The number of carbonyl (C=O) groups excluding carboxylic acids is 1. The van der Waals surface area contributed by atoms with Crippen LogP contribution in [0, 0.1) is 0 Å². The van der Waals surface area contributed by atoms with Crippen molar-refractivity contribution in [3.63, 3.8) is 0 Å². The summed E-state index contributed by atoms with van der Waals surface area (Å²) in [5.41, 5.74) is 0.775. The minimum absolute atomic E-state index is 0.121. The molecule has 0 heterocycles. The van der Waals surface area contributed by atoms with Crippen LogP contribution in [-0.2, 0) is 10.1 Å². The van der Waals surface area contributed by atoms with Crippen molar-refractivity contribution in [2.45, 2.75) is 6.92 Å². The fourth-order valence-corrected chi connectivity index (χ4v) is 0.673. The Morgan fingerprint density at radius 2 is 1.57 bits per heavy atom. The van der Waals surface area contributed by atoms with Gasteiger partial charge < -0.3 is 4.55 Å². The number of Topliss-reactive ketones (excluding diaryl/α,β-unsaturated/α-hetero) is 1. The van der Waals surface area contributed by atoms with E-state index in [0.29, 0.717) is 6.26 Å². The van der Waals surface area contributed by atoms with E-state index in [1.807, 2.05) is 30.3 Å². The van der Waals surface area contributed by atoms with Gasteiger partial charge in [-0.25, -0.2) is 8.42 Å². The number of ketones is 1. The van der Waals surface area contributed by atoms with Crippen molar-refractivity contribution in [2.24, 2.45) is 0 Å². The van der Waals surface area contributed by atoms with Crippen molar-refractivity contribution in [1.29, 1.82) is 0 Å². The van der Waals surface area contributed by atoms with Crippen LogP contribution in [0.5, 0.6) is 0 Å². The van der Waals surface area contributed by atoms with Crippen LogP contribution in [0.1, 0.15) is 17.3 Å². The molecule has 14 heavy (non-hydrogen) atoms. The van der Waals surface area contributed by atoms with Gasteiger partial charge >= 0.3 is 0 Å². The van der Waals surface area contributed by atoms with E-state index in [2.05, 4.69) is 0 Å². The molecular weight excluding hydrogens is 204 g/mol. The summed E-state index contributed by atoms with van der Waals surface area (Å²) in [6.45, 7) is 1.56. The van der Waals surface area contributed by atoms with Gasteiger partial charge in [0, 0.05) is 11.8 Å². The first-order valence-corrected chi connectivity index (χ1v) is 5.59. The van der Waals surface area contributed by atoms with Gasteiger partial charge in [0.2, 0.25) is 0 Å². The second-order valence-corrected chi connectivity index (χ2v) is 4.03. The van der Waals surface area contributed by atoms with Crippen LogP contribution in [0.2, 0.25) is 0 Å². The van der Waals surface area contributed by atoms with Crippen molar-refractivity contribution in [1.82, 2.24) is 0 Å². The van der Waals surface area contributed by atoms with Gasteiger partial charge in [0.05, 0.1) is 10.1 Å². The molecule has 0 amide bonds. The lowest BCUT2D eigenvalue weighted by Crippen LogP contribution is -1.88. The lowest BCUT2D eigenvalue weighted by atomic mass is 10.2. The lowest BCUT2D eigenvalue weighted by Gasteiger charge is -1.90. The quantitative estimate of drug-likeness (QED) is 0.518. The summed E-state index contributed by atoms with van der Waals surface area (Å²) < 4.78 is 27.2. The Balaban J connectivity index is 0.000000292. The molecule has 4 nitrogen and oxygen atoms in total. The van der Waals surface area contributed by atoms with Crippen LogP contribution in [0.4, 0.5) is 0 Å². The molecule has 78 valence electrons. The number of rotatable bonds is 1. The fraction of sp³-hybridized carbons (Fsp3) is 0.222. The zero-order chi connectivity index (χ0) is 11.2. The Bertz CT molecular complexity index is 373. The maximum Gasteiger partial charge on any atom is 0.159 e. The first-order valence-electron chi connectivity index (χ1n) is 3.77. The Hall–Kier alpha value is -1.20. The maximum absolute atomic E-state index is 10.6. The number of benzene rings is 1. The van der Waals surface area contributed by atoms with E-state index in [9.17, 15) is 4.79 Å². The molecule has 5 heteroatoms. The summed E-state index contributed by atoms with van der Waals surface area (Å²) in [6.07, 6.45) is 0.604. The molecule has 0 saturated carbocycles. The van der Waals surface area contributed by atoms with E-state index in [4.69, 9.17) is 13.0 Å². The summed E-state index contributed by atoms with van der Waals surface area (Å²) in [4.78, 5) is 10.6. The average molecular weight is 215 g/mol. The fourth-order valence-electron chi connectivity index (χ4n) is 0.673. The molecule has 1 aromatic carbocycles. The molecule has 0 aliphatic heterocycles. The van der Waals surface area contributed by atoms with Crippen LogP contribution in [0.3, 0.4) is 0 Å². The molecule has 0 radical (unpaired) electrons. The van der Waals surface area contributed by atoms with Gasteiger partial charge in [0.15, 0.2) is 5.78 Å². The molecule has 0 saturated heterocycles. The van der Waals surface area contributed by atoms with E-state index in [0.717, 1.165) is 5.56 Å². The highest BCUT2D eigenvalue weighted by Crippen LogP contribution is 1.97. The van der Waals surface area contributed by atoms with E-state index >= 15 is 0 Å². The number of hydrogen-bond acceptors (Lipinski definition) is 4. The third kappa shape index (κ3) is 8.89. The predicted octanol–water partition coefficient (Wildman–Crippen LogP) is 1.05. The third-order valence-corrected chi connectivity index (χ3v) is 1.18. The van der Waals surface area contributed by atoms with Crippen molar-refractivity contribution in [3.05, 3.63) is 35.9 Å². The van der Waals surface area contributed by atoms with Crippen molar-refractivity contribution in [2.75, 3.05) is 6.26 Å². The first-order chi connectivity index (χ1) is 6.30. The van der Waals surface area contributed by atoms with E-state index in [1.54, 1.807) is 6.92 Å². The zero-order valence-electron chi connectivity index (χ0n) is 7.93. The lowest BCUT2D eigenvalue weighted by molar-refractivity contribution is 0.101. The molecule has 0 aliphatic rings. The zero-order valence-corrected chi connectivity index (χ0v) is 8.74. The first kappa shape index (κ1) is 12.8. The van der Waals surface area contributed by atoms with Crippen LogP contribution in [-0.4, -0.2) is 25.0 Å². The van der Waals surface area contributed by atoms with Crippen LogP contribution in [0.25, 0.3) is 0 Å². The smallest absolute Gasteiger partial charge is 0.159 e. The number of hydrogen-bond donors (Lipinski definition) is 0. The van der Waals surface area contributed by atoms with Crippen molar-refractivity contribution in [3.8, 4) is 0 Å². The van der Waals surface area contributed by atoms with E-state index in [1.165, 1.54) is 0 Å². The molecule has 0 unspecified atom stereocenters. The summed E-state index contributed by atoms with van der Waals surface area (Å²) >= 11 is 0. The van der Waals surface area contributed by atoms with Gasteiger partial charge in [-0.1, -0.05) is 30.3 Å². The molecule has 0 spiro atoms. The second kappa shape index (κ2) is 5.51. The molecule has 0 fully saturated rings. The van der Waals surface area contributed by atoms with Crippen molar-refractivity contribution < 1.29 is 17.8 Å². The van der Waals surface area contributed by atoms with E-state index in [-0.39, 0.29) is 5.78 Å². The highest BCUT2D eigenvalue weighted by molar-refractivity contribution is 7.84. The molecule has 1 rings (SSSR count). The largest absolute Gasteiger partial charge is 0.748 e. The van der Waals surface area contributed by atoms with Crippen molar-refractivity contribution >= 4 is 15.9 Å². The van der Waals surface area contributed by atoms with Crippen LogP contribution < -0.4 is 0 Å². The van der Waals surface area contributed by atoms with E-state index < -0.39 is 10.1 Å². The van der Waals surface area contributed by atoms with Gasteiger partial charge in [-0.2, -0.15) is 0 Å². The van der Waals surface area contributed by atoms with Gasteiger partial charge in [-0.05, 0) is 6.92 Å². The monoisotopic (exact) mass is 215 g/mol. The van der Waals surface area contributed by atoms with Gasteiger partial charge in [-0.15, -0.1) is 0 Å². The summed E-state index contributed by atoms with van der Waals surface area (Å²) in [7, 11) is -3.92. The summed E-state index contributed by atoms with van der Waals surface area (Å²) in [5, 5.41) is 0.